The molecule has 5 heteroatoms. The van der Waals surface area contributed by atoms with E-state index in [9.17, 15) is 9.59 Å². The molecule has 5 nitrogen and oxygen atoms in total. The van der Waals surface area contributed by atoms with Gasteiger partial charge >= 0.3 is 5.97 Å². The summed E-state index contributed by atoms with van der Waals surface area (Å²) in [5, 5.41) is 11.4. The molecular weight excluding hydrogens is 234 g/mol. The van der Waals surface area contributed by atoms with E-state index in [-0.39, 0.29) is 19.1 Å². The largest absolute Gasteiger partial charge is 0.462 e. The van der Waals surface area contributed by atoms with Crippen molar-refractivity contribution in [3.63, 3.8) is 0 Å². The highest BCUT2D eigenvalue weighted by Gasteiger charge is 2.17. The van der Waals surface area contributed by atoms with Crippen LogP contribution < -0.4 is 5.32 Å². The van der Waals surface area contributed by atoms with E-state index in [0.29, 0.717) is 24.8 Å². The Morgan fingerprint density at radius 1 is 1.39 bits per heavy atom. The van der Waals surface area contributed by atoms with Gasteiger partial charge in [0.15, 0.2) is 0 Å². The molecule has 0 saturated carbocycles. The second-order valence-corrected chi connectivity index (χ2v) is 4.13. The predicted molar refractivity (Wildman–Crippen MR) is 65.4 cm³/mol. The van der Waals surface area contributed by atoms with Gasteiger partial charge in [0.05, 0.1) is 12.2 Å². The first-order chi connectivity index (χ1) is 8.70. The third-order valence-corrected chi connectivity index (χ3v) is 2.77. The lowest BCUT2D eigenvalue weighted by Gasteiger charge is -2.17. The molecule has 0 spiro atoms. The monoisotopic (exact) mass is 249 g/mol. The molecule has 0 radical (unpaired) electrons. The number of anilines is 1. The Kier molecular flexibility index (Phi) is 3.94. The summed E-state index contributed by atoms with van der Waals surface area (Å²) < 4.78 is 4.99. The lowest BCUT2D eigenvalue weighted by Crippen LogP contribution is -2.19. The van der Waals surface area contributed by atoms with E-state index in [4.69, 9.17) is 9.84 Å². The van der Waals surface area contributed by atoms with E-state index in [0.717, 1.165) is 11.3 Å². The van der Waals surface area contributed by atoms with Gasteiger partial charge in [0.1, 0.15) is 0 Å². The van der Waals surface area contributed by atoms with Crippen LogP contribution in [-0.4, -0.2) is 30.2 Å². The molecule has 0 atom stereocenters. The summed E-state index contributed by atoms with van der Waals surface area (Å²) in [5.41, 5.74) is 2.19. The molecule has 1 heterocycles. The zero-order valence-electron chi connectivity index (χ0n) is 9.94. The van der Waals surface area contributed by atoms with Crippen molar-refractivity contribution in [3.05, 3.63) is 29.3 Å². The molecule has 0 aliphatic carbocycles. The average molecular weight is 249 g/mol. The fourth-order valence-corrected chi connectivity index (χ4v) is 1.82. The summed E-state index contributed by atoms with van der Waals surface area (Å²) in [6, 6.07) is 5.09. The van der Waals surface area contributed by atoms with Crippen molar-refractivity contribution in [2.45, 2.75) is 19.3 Å². The number of aryl methyl sites for hydroxylation is 1. The van der Waals surface area contributed by atoms with Crippen molar-refractivity contribution < 1.29 is 19.4 Å². The molecule has 1 aromatic rings. The fourth-order valence-electron chi connectivity index (χ4n) is 1.82. The van der Waals surface area contributed by atoms with Gasteiger partial charge in [-0.3, -0.25) is 4.79 Å². The number of ether oxygens (including phenoxy) is 1. The first-order valence-corrected chi connectivity index (χ1v) is 5.91. The lowest BCUT2D eigenvalue weighted by molar-refractivity contribution is -0.116. The van der Waals surface area contributed by atoms with Gasteiger partial charge in [0, 0.05) is 25.1 Å². The van der Waals surface area contributed by atoms with Gasteiger partial charge in [-0.05, 0) is 30.2 Å². The molecule has 0 saturated heterocycles. The number of rotatable bonds is 4. The van der Waals surface area contributed by atoms with E-state index < -0.39 is 5.97 Å². The van der Waals surface area contributed by atoms with Crippen molar-refractivity contribution in [1.29, 1.82) is 0 Å². The lowest BCUT2D eigenvalue weighted by atomic mass is 10.0. The molecule has 2 rings (SSSR count). The molecule has 1 amide bonds. The number of fused-ring (bicyclic) bond motifs is 1. The number of benzene rings is 1. The van der Waals surface area contributed by atoms with E-state index in [2.05, 4.69) is 5.32 Å². The number of nitrogens with one attached hydrogen (secondary N) is 1. The van der Waals surface area contributed by atoms with Crippen molar-refractivity contribution in [2.75, 3.05) is 18.5 Å². The molecular formula is C13H15NO4. The van der Waals surface area contributed by atoms with Crippen molar-refractivity contribution >= 4 is 17.6 Å². The van der Waals surface area contributed by atoms with Crippen LogP contribution in [0.5, 0.6) is 0 Å². The zero-order valence-corrected chi connectivity index (χ0v) is 9.94. The van der Waals surface area contributed by atoms with Crippen LogP contribution in [0.4, 0.5) is 5.69 Å². The summed E-state index contributed by atoms with van der Waals surface area (Å²) in [7, 11) is 0. The van der Waals surface area contributed by atoms with Gasteiger partial charge in [-0.1, -0.05) is 0 Å². The number of hydrogen-bond acceptors (Lipinski definition) is 4. The van der Waals surface area contributed by atoms with E-state index >= 15 is 0 Å². The Morgan fingerprint density at radius 2 is 2.22 bits per heavy atom. The smallest absolute Gasteiger partial charge is 0.338 e. The Balaban J connectivity index is 2.06. The second-order valence-electron chi connectivity index (χ2n) is 4.13. The maximum absolute atomic E-state index is 11.7. The number of aliphatic hydroxyl groups is 1. The molecule has 1 aromatic carbocycles. The molecule has 1 aliphatic rings. The first kappa shape index (κ1) is 12.6. The van der Waals surface area contributed by atoms with Crippen LogP contribution in [0, 0.1) is 0 Å². The number of hydrogen-bond donors (Lipinski definition) is 2. The van der Waals surface area contributed by atoms with Crippen molar-refractivity contribution in [1.82, 2.24) is 0 Å². The van der Waals surface area contributed by atoms with Crippen LogP contribution in [0.3, 0.4) is 0 Å². The van der Waals surface area contributed by atoms with Gasteiger partial charge in [-0.25, -0.2) is 4.79 Å². The molecule has 18 heavy (non-hydrogen) atoms. The van der Waals surface area contributed by atoms with Gasteiger partial charge in [-0.2, -0.15) is 0 Å². The molecule has 0 bridgehead atoms. The topological polar surface area (TPSA) is 75.6 Å². The number of carbonyl (C=O) groups is 2. The van der Waals surface area contributed by atoms with E-state index in [1.807, 2.05) is 0 Å². The highest BCUT2D eigenvalue weighted by atomic mass is 16.5. The number of aliphatic hydroxyl groups excluding tert-OH is 1. The number of esters is 1. The molecule has 2 N–H and O–H groups in total. The summed E-state index contributed by atoms with van der Waals surface area (Å²) in [6.07, 6.45) is 1.52. The highest BCUT2D eigenvalue weighted by Crippen LogP contribution is 2.23. The Labute approximate surface area is 105 Å². The molecule has 96 valence electrons. The SMILES string of the molecule is O=C1CCc2cc(C(=O)OCCCO)ccc2N1. The predicted octanol–water partition coefficient (Wildman–Crippen LogP) is 1.11. The van der Waals surface area contributed by atoms with Gasteiger partial charge in [0.2, 0.25) is 5.91 Å². The van der Waals surface area contributed by atoms with E-state index in [1.165, 1.54) is 0 Å². The third-order valence-electron chi connectivity index (χ3n) is 2.77. The van der Waals surface area contributed by atoms with Crippen LogP contribution in [0.25, 0.3) is 0 Å². The Bertz CT molecular complexity index is 470. The molecule has 0 aromatic heterocycles. The Hall–Kier alpha value is -1.88. The van der Waals surface area contributed by atoms with Crippen LogP contribution in [-0.2, 0) is 16.0 Å². The second kappa shape index (κ2) is 5.64. The van der Waals surface area contributed by atoms with Gasteiger partial charge in [0.25, 0.3) is 0 Å². The first-order valence-electron chi connectivity index (χ1n) is 5.91. The highest BCUT2D eigenvalue weighted by molar-refractivity contribution is 5.96. The van der Waals surface area contributed by atoms with E-state index in [1.54, 1.807) is 18.2 Å². The van der Waals surface area contributed by atoms with Crippen LogP contribution >= 0.6 is 0 Å². The van der Waals surface area contributed by atoms with Crippen LogP contribution in [0.15, 0.2) is 18.2 Å². The van der Waals surface area contributed by atoms with Crippen molar-refractivity contribution in [2.24, 2.45) is 0 Å². The summed E-state index contributed by atoms with van der Waals surface area (Å²) in [4.78, 5) is 22.9. The molecule has 0 unspecified atom stereocenters. The summed E-state index contributed by atoms with van der Waals surface area (Å²) in [5.74, 6) is -0.399. The maximum atomic E-state index is 11.7. The van der Waals surface area contributed by atoms with Gasteiger partial charge < -0.3 is 15.2 Å². The van der Waals surface area contributed by atoms with Crippen molar-refractivity contribution in [3.8, 4) is 0 Å². The Morgan fingerprint density at radius 3 is 3.00 bits per heavy atom. The minimum absolute atomic E-state index is 0.000715. The van der Waals surface area contributed by atoms with Crippen LogP contribution in [0.1, 0.15) is 28.8 Å². The zero-order chi connectivity index (χ0) is 13.0. The average Bonchev–Trinajstić information content (AvgIpc) is 2.38. The fraction of sp³-hybridized carbons (Fsp3) is 0.385. The normalized spacial score (nSPS) is 13.7. The maximum Gasteiger partial charge on any atom is 0.338 e. The third kappa shape index (κ3) is 2.87. The number of carbonyl (C=O) groups excluding carboxylic acids is 2. The minimum Gasteiger partial charge on any atom is -0.462 e. The minimum atomic E-state index is -0.400. The molecule has 0 fully saturated rings. The standard InChI is InChI=1S/C13H15NO4/c15-6-1-7-18-13(17)10-2-4-11-9(8-10)3-5-12(16)14-11/h2,4,8,15H,1,3,5-7H2,(H,14,16). The quantitative estimate of drug-likeness (QED) is 0.619. The molecule has 1 aliphatic heterocycles. The summed E-state index contributed by atoms with van der Waals surface area (Å²) in [6.45, 7) is 0.215. The summed E-state index contributed by atoms with van der Waals surface area (Å²) >= 11 is 0. The van der Waals surface area contributed by atoms with Gasteiger partial charge in [-0.15, -0.1) is 0 Å². The van der Waals surface area contributed by atoms with Crippen LogP contribution in [0.2, 0.25) is 0 Å². The number of amides is 1.